The average Bonchev–Trinajstić information content (AvgIpc) is 0. The van der Waals surface area contributed by atoms with Crippen LogP contribution in [-0.2, 0) is 46.8 Å². The average molecular weight is 460 g/mol. The topological polar surface area (TPSA) is 0 Å². The van der Waals surface area contributed by atoms with Crippen molar-refractivity contribution in [2.75, 3.05) is 0 Å². The Labute approximate surface area is 90.3 Å². The fraction of sp³-hybridized carbons (Fsp3) is 0. The van der Waals surface area contributed by atoms with Gasteiger partial charge in [-0.15, -0.1) is 0 Å². The minimum Gasteiger partial charge on any atom is 0 e. The quantitative estimate of drug-likeness (QED) is 0.418. The Morgan fingerprint density at radius 2 is 1.00 bits per heavy atom. The van der Waals surface area contributed by atoms with Crippen LogP contribution in [0.2, 0.25) is 0 Å². The maximum atomic E-state index is 0. The SMILES string of the molecule is [As].[Cd].[Pb].[Zn]. The van der Waals surface area contributed by atoms with Crippen molar-refractivity contribution in [3.63, 3.8) is 0 Å². The number of rotatable bonds is 0. The van der Waals surface area contributed by atoms with Crippen molar-refractivity contribution in [1.82, 2.24) is 0 Å². The van der Waals surface area contributed by atoms with Crippen molar-refractivity contribution in [2.45, 2.75) is 0 Å². The third kappa shape index (κ3) is 8.90. The molecule has 13 valence electrons. The van der Waals surface area contributed by atoms with Crippen molar-refractivity contribution in [1.29, 1.82) is 0 Å². The summed E-state index contributed by atoms with van der Waals surface area (Å²) in [5, 5.41) is 0. The second-order valence-electron chi connectivity index (χ2n) is 0. The Kier molecular flexibility index (Phi) is 116. The van der Waals surface area contributed by atoms with Gasteiger partial charge in [-0.2, -0.15) is 0 Å². The Bertz CT molecular complexity index is 8.00. The van der Waals surface area contributed by atoms with E-state index in [0.29, 0.717) is 0 Å². The zero-order chi connectivity index (χ0) is 0. The van der Waals surface area contributed by atoms with E-state index in [1.165, 1.54) is 0 Å². The van der Waals surface area contributed by atoms with Gasteiger partial charge in [0.25, 0.3) is 0 Å². The van der Waals surface area contributed by atoms with Crippen LogP contribution in [0.1, 0.15) is 0 Å². The summed E-state index contributed by atoms with van der Waals surface area (Å²) >= 11 is 0. The van der Waals surface area contributed by atoms with Gasteiger partial charge in [0.05, 0.1) is 0 Å². The molecule has 0 aliphatic heterocycles. The predicted molar refractivity (Wildman–Crippen MR) is 11.5 cm³/mol. The molecule has 0 aliphatic carbocycles. The third-order valence-electron chi connectivity index (χ3n) is 0. The minimum atomic E-state index is 0. The van der Waals surface area contributed by atoms with E-state index >= 15 is 0 Å². The van der Waals surface area contributed by atoms with Gasteiger partial charge in [-0.05, 0) is 0 Å². The first-order chi connectivity index (χ1) is 0. The molecule has 0 aromatic carbocycles. The summed E-state index contributed by atoms with van der Waals surface area (Å²) < 4.78 is 0. The van der Waals surface area contributed by atoms with Gasteiger partial charge in [-0.25, -0.2) is 0 Å². The van der Waals surface area contributed by atoms with Gasteiger partial charge in [-0.3, -0.25) is 0 Å². The van der Waals surface area contributed by atoms with Gasteiger partial charge >= 0.3 is 0 Å². The molecule has 0 saturated carbocycles. The molecule has 0 nitrogen and oxygen atoms in total. The fourth-order valence-corrected chi connectivity index (χ4v) is 0. The largest absolute Gasteiger partial charge is 0 e. The summed E-state index contributed by atoms with van der Waals surface area (Å²) in [5.74, 6) is 0. The summed E-state index contributed by atoms with van der Waals surface area (Å²) in [7, 11) is 0. The second kappa shape index (κ2) is 16.6. The van der Waals surface area contributed by atoms with Gasteiger partial charge < -0.3 is 0 Å². The van der Waals surface area contributed by atoms with Crippen LogP contribution in [0.4, 0.5) is 0 Å². The molecule has 4 heteroatoms. The normalized spacial score (nSPS) is 0. The monoisotopic (exact) mass is 461 g/mol. The minimum absolute atomic E-state index is 0. The van der Waals surface area contributed by atoms with Crippen LogP contribution in [0, 0.1) is 0 Å². The van der Waals surface area contributed by atoms with Crippen LogP contribution in [0.25, 0.3) is 0 Å². The molecule has 0 amide bonds. The number of hydrogen-bond acceptors (Lipinski definition) is 0. The summed E-state index contributed by atoms with van der Waals surface area (Å²) in [6.07, 6.45) is 0. The summed E-state index contributed by atoms with van der Waals surface area (Å²) in [6, 6.07) is 0. The van der Waals surface area contributed by atoms with E-state index in [0.717, 1.165) is 0 Å². The van der Waals surface area contributed by atoms with Crippen LogP contribution < -0.4 is 0 Å². The van der Waals surface area contributed by atoms with E-state index in [-0.39, 0.29) is 92.0 Å². The van der Waals surface area contributed by atoms with Crippen LogP contribution in [0.5, 0.6) is 0 Å². The van der Waals surface area contributed by atoms with E-state index in [9.17, 15) is 0 Å². The Balaban J connectivity index is 0. The number of hydrogen-bond donors (Lipinski definition) is 0. The Morgan fingerprint density at radius 1 is 1.00 bits per heavy atom. The molecule has 0 atom stereocenters. The molecule has 0 saturated heterocycles. The van der Waals surface area contributed by atoms with Crippen LogP contribution in [0.15, 0.2) is 0 Å². The van der Waals surface area contributed by atoms with Gasteiger partial charge in [0.15, 0.2) is 0 Å². The first kappa shape index (κ1) is 27.9. The molecule has 0 heterocycles. The van der Waals surface area contributed by atoms with Crippen LogP contribution in [-0.4, -0.2) is 45.3 Å². The van der Waals surface area contributed by atoms with Crippen molar-refractivity contribution < 1.29 is 46.8 Å². The molecule has 0 aliphatic rings. The fourth-order valence-electron chi connectivity index (χ4n) is 0. The summed E-state index contributed by atoms with van der Waals surface area (Å²) in [4.78, 5) is 0. The molecule has 7 radical (unpaired) electrons. The first-order valence-electron chi connectivity index (χ1n) is 0. The zero-order valence-corrected chi connectivity index (χ0v) is 15.1. The molecule has 0 spiro atoms. The Hall–Kier alpha value is 3.03. The van der Waals surface area contributed by atoms with Crippen LogP contribution >= 0.6 is 0 Å². The molecule has 4 heavy (non-hydrogen) atoms. The maximum absolute atomic E-state index is 0. The molecular weight excluding hydrogens is 460 g/mol. The van der Waals surface area contributed by atoms with Gasteiger partial charge in [0.2, 0.25) is 0 Å². The van der Waals surface area contributed by atoms with Crippen molar-refractivity contribution in [2.24, 2.45) is 0 Å². The van der Waals surface area contributed by atoms with Crippen molar-refractivity contribution in [3.8, 4) is 0 Å². The van der Waals surface area contributed by atoms with E-state index in [1.54, 1.807) is 0 Å². The first-order valence-corrected chi connectivity index (χ1v) is 0. The van der Waals surface area contributed by atoms with Crippen LogP contribution in [0.3, 0.4) is 0 Å². The molecule has 0 unspecified atom stereocenters. The summed E-state index contributed by atoms with van der Waals surface area (Å²) in [6.45, 7) is 0. The molecule has 0 aromatic heterocycles. The predicted octanol–water partition coefficient (Wildman–Crippen LogP) is -0.767. The molecule has 0 N–H and O–H groups in total. The molecule has 0 aromatic rings. The molecule has 0 rings (SSSR count). The van der Waals surface area contributed by atoms with Crippen molar-refractivity contribution >= 4 is 45.3 Å². The zero-order valence-electron chi connectivity index (χ0n) is 2.36. The van der Waals surface area contributed by atoms with E-state index in [1.807, 2.05) is 0 Å². The molecular formula is AsCdPbZn. The van der Waals surface area contributed by atoms with E-state index in [4.69, 9.17) is 0 Å². The third-order valence-corrected chi connectivity index (χ3v) is 0. The molecule has 0 bridgehead atoms. The maximum Gasteiger partial charge on any atom is 0 e. The van der Waals surface area contributed by atoms with Gasteiger partial charge in [0.1, 0.15) is 0 Å². The van der Waals surface area contributed by atoms with Gasteiger partial charge in [0, 0.05) is 92.0 Å². The van der Waals surface area contributed by atoms with E-state index < -0.39 is 0 Å². The molecule has 0 fully saturated rings. The summed E-state index contributed by atoms with van der Waals surface area (Å²) in [5.41, 5.74) is 0. The Morgan fingerprint density at radius 3 is 1.00 bits per heavy atom. The van der Waals surface area contributed by atoms with Gasteiger partial charge in [-0.1, -0.05) is 0 Å². The van der Waals surface area contributed by atoms with Crippen molar-refractivity contribution in [3.05, 3.63) is 0 Å². The van der Waals surface area contributed by atoms with E-state index in [2.05, 4.69) is 0 Å². The smallest absolute Gasteiger partial charge is 0 e. The standard InChI is InChI=1S/As.Cd.Pb.Zn. The second-order valence-corrected chi connectivity index (χ2v) is 0.